The molecular formula is C23H25N5O4. The minimum atomic E-state index is -0.418. The number of rotatable bonds is 8. The Bertz CT molecular complexity index is 1400. The standard InChI is InChI=1S/C23H25N5O4/c1-26-21-20(22(30)27(2)23(26)31)28(15-25-21)12-5-8-19(29)24-11-13-32-18-10-9-16-6-3-4-7-17(16)14-18/h3-4,6-7,9-10,14-15H,5,8,11-13H2,1-2H3,(H,24,29). The lowest BCUT2D eigenvalue weighted by molar-refractivity contribution is -0.121. The van der Waals surface area contributed by atoms with E-state index >= 15 is 0 Å². The average molecular weight is 435 g/mol. The van der Waals surface area contributed by atoms with Gasteiger partial charge in [0.25, 0.3) is 5.56 Å². The van der Waals surface area contributed by atoms with Crippen molar-refractivity contribution in [1.29, 1.82) is 0 Å². The molecule has 1 amide bonds. The normalized spacial score (nSPS) is 11.2. The highest BCUT2D eigenvalue weighted by Gasteiger charge is 2.14. The van der Waals surface area contributed by atoms with Crippen molar-refractivity contribution in [3.63, 3.8) is 0 Å². The van der Waals surface area contributed by atoms with Crippen molar-refractivity contribution in [1.82, 2.24) is 24.0 Å². The summed E-state index contributed by atoms with van der Waals surface area (Å²) < 4.78 is 9.82. The third-order valence-electron chi connectivity index (χ3n) is 5.43. The zero-order chi connectivity index (χ0) is 22.7. The molecule has 1 N–H and O–H groups in total. The van der Waals surface area contributed by atoms with Gasteiger partial charge in [-0.25, -0.2) is 9.78 Å². The van der Waals surface area contributed by atoms with Gasteiger partial charge in [0.1, 0.15) is 12.4 Å². The lowest BCUT2D eigenvalue weighted by atomic mass is 10.1. The first kappa shape index (κ1) is 21.4. The number of aromatic nitrogens is 4. The molecule has 0 aliphatic heterocycles. The molecule has 2 aromatic heterocycles. The minimum absolute atomic E-state index is 0.0863. The maximum Gasteiger partial charge on any atom is 0.332 e. The van der Waals surface area contributed by atoms with Crippen molar-refractivity contribution in [2.24, 2.45) is 14.1 Å². The van der Waals surface area contributed by atoms with Crippen LogP contribution in [0.3, 0.4) is 0 Å². The molecule has 0 atom stereocenters. The number of nitrogens with one attached hydrogen (secondary N) is 1. The lowest BCUT2D eigenvalue weighted by Crippen LogP contribution is -2.37. The fourth-order valence-corrected chi connectivity index (χ4v) is 3.68. The Morgan fingerprint density at radius 1 is 1.06 bits per heavy atom. The summed E-state index contributed by atoms with van der Waals surface area (Å²) in [5.74, 6) is 0.678. The smallest absolute Gasteiger partial charge is 0.332 e. The van der Waals surface area contributed by atoms with Crippen LogP contribution in [0.4, 0.5) is 0 Å². The van der Waals surface area contributed by atoms with Crippen LogP contribution in [-0.2, 0) is 25.4 Å². The largest absolute Gasteiger partial charge is 0.492 e. The summed E-state index contributed by atoms with van der Waals surface area (Å²) in [4.78, 5) is 40.8. The van der Waals surface area contributed by atoms with Crippen LogP contribution in [0.2, 0.25) is 0 Å². The summed E-state index contributed by atoms with van der Waals surface area (Å²) in [5, 5.41) is 5.10. The van der Waals surface area contributed by atoms with Crippen molar-refractivity contribution >= 4 is 27.8 Å². The molecule has 0 saturated heterocycles. The zero-order valence-corrected chi connectivity index (χ0v) is 18.1. The van der Waals surface area contributed by atoms with Crippen LogP contribution in [0.1, 0.15) is 12.8 Å². The maximum absolute atomic E-state index is 12.4. The first-order valence-electron chi connectivity index (χ1n) is 10.4. The van der Waals surface area contributed by atoms with Crippen molar-refractivity contribution in [2.45, 2.75) is 19.4 Å². The number of carbonyl (C=O) groups is 1. The van der Waals surface area contributed by atoms with Gasteiger partial charge in [-0.15, -0.1) is 0 Å². The monoisotopic (exact) mass is 435 g/mol. The van der Waals surface area contributed by atoms with Gasteiger partial charge in [0, 0.05) is 27.1 Å². The van der Waals surface area contributed by atoms with Crippen molar-refractivity contribution < 1.29 is 9.53 Å². The zero-order valence-electron chi connectivity index (χ0n) is 18.1. The van der Waals surface area contributed by atoms with Crippen LogP contribution in [0.25, 0.3) is 21.9 Å². The highest BCUT2D eigenvalue weighted by atomic mass is 16.5. The lowest BCUT2D eigenvalue weighted by Gasteiger charge is -2.09. The second kappa shape index (κ2) is 9.09. The summed E-state index contributed by atoms with van der Waals surface area (Å²) in [5.41, 5.74) is -0.110. The number of benzene rings is 2. The van der Waals surface area contributed by atoms with E-state index in [4.69, 9.17) is 4.74 Å². The molecule has 0 bridgehead atoms. The molecule has 0 aliphatic rings. The number of ether oxygens (including phenoxy) is 1. The number of aryl methyl sites for hydroxylation is 2. The number of amides is 1. The molecule has 166 valence electrons. The van der Waals surface area contributed by atoms with Crippen LogP contribution >= 0.6 is 0 Å². The van der Waals surface area contributed by atoms with Crippen LogP contribution in [0.15, 0.2) is 58.4 Å². The van der Waals surface area contributed by atoms with Crippen molar-refractivity contribution in [3.8, 4) is 5.75 Å². The molecule has 9 heteroatoms. The van der Waals surface area contributed by atoms with Gasteiger partial charge >= 0.3 is 5.69 Å². The van der Waals surface area contributed by atoms with E-state index < -0.39 is 11.2 Å². The SMILES string of the molecule is Cn1c(=O)c2c(ncn2CCCC(=O)NCCOc2ccc3ccccc3c2)n(C)c1=O. The highest BCUT2D eigenvalue weighted by molar-refractivity contribution is 5.83. The Morgan fingerprint density at radius 2 is 1.84 bits per heavy atom. The predicted octanol–water partition coefficient (Wildman–Crippen LogP) is 1.56. The van der Waals surface area contributed by atoms with E-state index in [1.807, 2.05) is 42.5 Å². The molecule has 0 unspecified atom stereocenters. The molecule has 4 rings (SSSR count). The summed E-state index contributed by atoms with van der Waals surface area (Å²) in [6, 6.07) is 14.0. The third kappa shape index (κ3) is 4.27. The fraction of sp³-hybridized carbons (Fsp3) is 0.304. The quantitative estimate of drug-likeness (QED) is 0.424. The van der Waals surface area contributed by atoms with E-state index in [2.05, 4.69) is 10.3 Å². The van der Waals surface area contributed by atoms with Gasteiger partial charge in [-0.2, -0.15) is 0 Å². The number of hydrogen-bond acceptors (Lipinski definition) is 5. The first-order valence-corrected chi connectivity index (χ1v) is 10.4. The third-order valence-corrected chi connectivity index (χ3v) is 5.43. The topological polar surface area (TPSA) is 100 Å². The molecule has 0 saturated carbocycles. The average Bonchev–Trinajstić information content (AvgIpc) is 3.23. The molecule has 0 spiro atoms. The molecule has 32 heavy (non-hydrogen) atoms. The number of nitrogens with zero attached hydrogens (tertiary/aromatic N) is 4. The molecule has 2 aromatic carbocycles. The molecular weight excluding hydrogens is 410 g/mol. The molecule has 0 radical (unpaired) electrons. The molecule has 2 heterocycles. The molecule has 4 aromatic rings. The Kier molecular flexibility index (Phi) is 6.07. The van der Waals surface area contributed by atoms with Crippen LogP contribution in [0, 0.1) is 0 Å². The first-order chi connectivity index (χ1) is 15.5. The van der Waals surface area contributed by atoms with E-state index in [-0.39, 0.29) is 5.91 Å². The van der Waals surface area contributed by atoms with E-state index in [0.717, 1.165) is 21.1 Å². The Labute approximate surface area is 183 Å². The van der Waals surface area contributed by atoms with Gasteiger partial charge in [0.15, 0.2) is 11.2 Å². The van der Waals surface area contributed by atoms with E-state index in [0.29, 0.717) is 43.7 Å². The number of carbonyl (C=O) groups excluding carboxylic acids is 1. The maximum atomic E-state index is 12.4. The van der Waals surface area contributed by atoms with Crippen molar-refractivity contribution in [3.05, 3.63) is 69.6 Å². The van der Waals surface area contributed by atoms with E-state index in [9.17, 15) is 14.4 Å². The highest BCUT2D eigenvalue weighted by Crippen LogP contribution is 2.20. The van der Waals surface area contributed by atoms with Gasteiger partial charge in [-0.05, 0) is 29.3 Å². The van der Waals surface area contributed by atoms with Crippen LogP contribution in [0.5, 0.6) is 5.75 Å². The van der Waals surface area contributed by atoms with Crippen LogP contribution < -0.4 is 21.3 Å². The minimum Gasteiger partial charge on any atom is -0.492 e. The van der Waals surface area contributed by atoms with Gasteiger partial charge in [-0.3, -0.25) is 18.7 Å². The van der Waals surface area contributed by atoms with Crippen LogP contribution in [-0.4, -0.2) is 37.7 Å². The summed E-state index contributed by atoms with van der Waals surface area (Å²) >= 11 is 0. The van der Waals surface area contributed by atoms with Gasteiger partial charge < -0.3 is 14.6 Å². The Balaban J connectivity index is 1.25. The number of fused-ring (bicyclic) bond motifs is 2. The Hall–Kier alpha value is -3.88. The summed E-state index contributed by atoms with van der Waals surface area (Å²) in [7, 11) is 3.02. The van der Waals surface area contributed by atoms with Gasteiger partial charge in [0.05, 0.1) is 12.9 Å². The van der Waals surface area contributed by atoms with E-state index in [1.54, 1.807) is 11.6 Å². The molecule has 0 fully saturated rings. The van der Waals surface area contributed by atoms with E-state index in [1.165, 1.54) is 17.9 Å². The fourth-order valence-electron chi connectivity index (χ4n) is 3.68. The summed E-state index contributed by atoms with van der Waals surface area (Å²) in [6.07, 6.45) is 2.37. The van der Waals surface area contributed by atoms with Crippen molar-refractivity contribution in [2.75, 3.05) is 13.2 Å². The summed E-state index contributed by atoms with van der Waals surface area (Å²) in [6.45, 7) is 1.23. The molecule has 9 nitrogen and oxygen atoms in total. The second-order valence-corrected chi connectivity index (χ2v) is 7.63. The second-order valence-electron chi connectivity index (χ2n) is 7.63. The number of imidazole rings is 1. The van der Waals surface area contributed by atoms with Gasteiger partial charge in [-0.1, -0.05) is 30.3 Å². The Morgan fingerprint density at radius 3 is 2.66 bits per heavy atom. The number of hydrogen-bond donors (Lipinski definition) is 1. The predicted molar refractivity (Wildman–Crippen MR) is 122 cm³/mol. The molecule has 0 aliphatic carbocycles. The van der Waals surface area contributed by atoms with Gasteiger partial charge in [0.2, 0.25) is 5.91 Å².